The Hall–Kier alpha value is -3.46. The fraction of sp³-hybridized carbons (Fsp3) is 0.214. The monoisotopic (exact) mass is 551 g/mol. The van der Waals surface area contributed by atoms with Crippen LogP contribution in [0.5, 0.6) is 5.75 Å². The van der Waals surface area contributed by atoms with Gasteiger partial charge >= 0.3 is 5.97 Å². The fourth-order valence-corrected chi connectivity index (χ4v) is 4.32. The highest BCUT2D eigenvalue weighted by Gasteiger charge is 2.24. The summed E-state index contributed by atoms with van der Waals surface area (Å²) < 4.78 is 23.3. The van der Waals surface area contributed by atoms with Crippen molar-refractivity contribution in [2.24, 2.45) is 0 Å². The number of ether oxygens (including phenoxy) is 4. The number of rotatable bonds is 10. The van der Waals surface area contributed by atoms with E-state index in [-0.39, 0.29) is 24.6 Å². The Morgan fingerprint density at radius 1 is 0.917 bits per heavy atom. The van der Waals surface area contributed by atoms with Gasteiger partial charge in [-0.2, -0.15) is 0 Å². The van der Waals surface area contributed by atoms with E-state index < -0.39 is 5.97 Å². The number of carbonyl (C=O) groups is 1. The van der Waals surface area contributed by atoms with Gasteiger partial charge in [0.15, 0.2) is 6.79 Å². The second-order valence-electron chi connectivity index (χ2n) is 7.97. The standard InChI is InChI=1S/C28H26BrNO6/c1-33-14-15-35-18-36-22-11-8-19(9-12-22)17-30-26(28(32)34-2)25(20-6-4-3-5-7-20)24-16-21(29)10-13-23(24)27(30)31/h3-13,16H,14-15,17-18H2,1-2H3. The molecule has 0 unspecified atom stereocenters. The van der Waals surface area contributed by atoms with E-state index >= 15 is 0 Å². The Labute approximate surface area is 217 Å². The summed E-state index contributed by atoms with van der Waals surface area (Å²) in [4.78, 5) is 26.8. The summed E-state index contributed by atoms with van der Waals surface area (Å²) in [6.07, 6.45) is 0. The quantitative estimate of drug-likeness (QED) is 0.152. The average molecular weight is 552 g/mol. The first-order valence-electron chi connectivity index (χ1n) is 11.3. The minimum atomic E-state index is -0.582. The van der Waals surface area contributed by atoms with E-state index in [0.717, 1.165) is 15.6 Å². The molecule has 0 aliphatic carbocycles. The summed E-state index contributed by atoms with van der Waals surface area (Å²) in [5.74, 6) is 0.0473. The molecule has 0 N–H and O–H groups in total. The van der Waals surface area contributed by atoms with Crippen molar-refractivity contribution in [3.05, 3.63) is 98.9 Å². The zero-order valence-electron chi connectivity index (χ0n) is 20.0. The summed E-state index contributed by atoms with van der Waals surface area (Å²) in [6.45, 7) is 1.22. The zero-order chi connectivity index (χ0) is 25.5. The first-order chi connectivity index (χ1) is 17.5. The third-order valence-corrected chi connectivity index (χ3v) is 6.17. The van der Waals surface area contributed by atoms with Crippen molar-refractivity contribution in [2.75, 3.05) is 34.2 Å². The van der Waals surface area contributed by atoms with Crippen molar-refractivity contribution in [2.45, 2.75) is 6.54 Å². The number of nitrogens with zero attached hydrogens (tertiary/aromatic N) is 1. The zero-order valence-corrected chi connectivity index (χ0v) is 21.6. The molecule has 8 heteroatoms. The second kappa shape index (κ2) is 12.0. The topological polar surface area (TPSA) is 76.0 Å². The lowest BCUT2D eigenvalue weighted by molar-refractivity contribution is -0.00847. The Bertz CT molecular complexity index is 1400. The van der Waals surface area contributed by atoms with E-state index in [1.807, 2.05) is 54.6 Å². The van der Waals surface area contributed by atoms with Crippen LogP contribution in [-0.4, -0.2) is 44.8 Å². The maximum atomic E-state index is 13.7. The van der Waals surface area contributed by atoms with Crippen molar-refractivity contribution in [1.29, 1.82) is 0 Å². The number of benzene rings is 3. The molecule has 7 nitrogen and oxygen atoms in total. The Morgan fingerprint density at radius 3 is 2.36 bits per heavy atom. The summed E-state index contributed by atoms with van der Waals surface area (Å²) in [6, 6.07) is 22.3. The molecule has 0 aliphatic heterocycles. The molecule has 0 saturated carbocycles. The number of hydrogen-bond donors (Lipinski definition) is 0. The van der Waals surface area contributed by atoms with Crippen LogP contribution in [0.3, 0.4) is 0 Å². The molecule has 36 heavy (non-hydrogen) atoms. The lowest BCUT2D eigenvalue weighted by atomic mass is 9.96. The molecular formula is C28H26BrNO6. The molecule has 0 atom stereocenters. The number of halogens is 1. The number of aromatic nitrogens is 1. The van der Waals surface area contributed by atoms with Crippen LogP contribution in [0.1, 0.15) is 16.1 Å². The molecule has 0 radical (unpaired) electrons. The molecule has 0 amide bonds. The molecule has 0 spiro atoms. The van der Waals surface area contributed by atoms with Crippen molar-refractivity contribution in [3.8, 4) is 16.9 Å². The fourth-order valence-electron chi connectivity index (χ4n) is 3.96. The van der Waals surface area contributed by atoms with Gasteiger partial charge in [-0.05, 0) is 46.8 Å². The smallest absolute Gasteiger partial charge is 0.355 e. The number of methoxy groups -OCH3 is 2. The minimum absolute atomic E-state index is 0.106. The summed E-state index contributed by atoms with van der Waals surface area (Å²) in [5, 5.41) is 1.19. The number of carbonyl (C=O) groups excluding carboxylic acids is 1. The molecule has 0 fully saturated rings. The van der Waals surface area contributed by atoms with E-state index in [9.17, 15) is 9.59 Å². The highest BCUT2D eigenvalue weighted by molar-refractivity contribution is 9.10. The summed E-state index contributed by atoms with van der Waals surface area (Å²) in [5.41, 5.74) is 2.21. The van der Waals surface area contributed by atoms with E-state index in [2.05, 4.69) is 15.9 Å². The predicted molar refractivity (Wildman–Crippen MR) is 142 cm³/mol. The van der Waals surface area contributed by atoms with Crippen molar-refractivity contribution >= 4 is 32.7 Å². The normalized spacial score (nSPS) is 11.0. The molecule has 4 aromatic rings. The number of esters is 1. The van der Waals surface area contributed by atoms with Gasteiger partial charge in [-0.3, -0.25) is 9.36 Å². The summed E-state index contributed by atoms with van der Waals surface area (Å²) >= 11 is 3.50. The van der Waals surface area contributed by atoms with Gasteiger partial charge in [-0.15, -0.1) is 0 Å². The van der Waals surface area contributed by atoms with Crippen molar-refractivity contribution in [3.63, 3.8) is 0 Å². The van der Waals surface area contributed by atoms with Crippen LogP contribution in [0.4, 0.5) is 0 Å². The maximum absolute atomic E-state index is 13.7. The number of pyridine rings is 1. The van der Waals surface area contributed by atoms with Gasteiger partial charge in [-0.1, -0.05) is 58.4 Å². The van der Waals surface area contributed by atoms with Crippen LogP contribution in [0, 0.1) is 0 Å². The highest BCUT2D eigenvalue weighted by Crippen LogP contribution is 2.33. The molecule has 0 aliphatic rings. The molecule has 1 aromatic heterocycles. The van der Waals surface area contributed by atoms with Gasteiger partial charge < -0.3 is 18.9 Å². The van der Waals surface area contributed by atoms with Crippen LogP contribution in [0.25, 0.3) is 21.9 Å². The van der Waals surface area contributed by atoms with Crippen LogP contribution >= 0.6 is 15.9 Å². The van der Waals surface area contributed by atoms with Gasteiger partial charge in [0.2, 0.25) is 0 Å². The largest absolute Gasteiger partial charge is 0.468 e. The summed E-state index contributed by atoms with van der Waals surface area (Å²) in [7, 11) is 2.93. The Balaban J connectivity index is 1.77. The van der Waals surface area contributed by atoms with Gasteiger partial charge in [0, 0.05) is 22.5 Å². The van der Waals surface area contributed by atoms with Gasteiger partial charge in [0.05, 0.1) is 26.9 Å². The molecule has 186 valence electrons. The van der Waals surface area contributed by atoms with Crippen LogP contribution in [0.15, 0.2) is 82.1 Å². The number of fused-ring (bicyclic) bond motifs is 1. The Kier molecular flexibility index (Phi) is 8.53. The van der Waals surface area contributed by atoms with E-state index in [1.165, 1.54) is 11.7 Å². The van der Waals surface area contributed by atoms with Gasteiger partial charge in [0.1, 0.15) is 11.4 Å². The second-order valence-corrected chi connectivity index (χ2v) is 8.89. The van der Waals surface area contributed by atoms with Crippen molar-refractivity contribution < 1.29 is 23.7 Å². The first kappa shape index (κ1) is 25.6. The average Bonchev–Trinajstić information content (AvgIpc) is 2.90. The molecule has 4 rings (SSSR count). The third kappa shape index (κ3) is 5.67. The lowest BCUT2D eigenvalue weighted by Gasteiger charge is -2.19. The molecular weight excluding hydrogens is 526 g/mol. The molecule has 0 bridgehead atoms. The van der Waals surface area contributed by atoms with Crippen LogP contribution in [0.2, 0.25) is 0 Å². The maximum Gasteiger partial charge on any atom is 0.355 e. The molecule has 3 aromatic carbocycles. The van der Waals surface area contributed by atoms with Gasteiger partial charge in [-0.25, -0.2) is 4.79 Å². The van der Waals surface area contributed by atoms with Crippen LogP contribution < -0.4 is 10.3 Å². The van der Waals surface area contributed by atoms with E-state index in [4.69, 9.17) is 18.9 Å². The predicted octanol–water partition coefficient (Wildman–Crippen LogP) is 5.27. The van der Waals surface area contributed by atoms with Crippen LogP contribution in [-0.2, 0) is 20.8 Å². The lowest BCUT2D eigenvalue weighted by Crippen LogP contribution is -2.28. The van der Waals surface area contributed by atoms with Crippen molar-refractivity contribution in [1.82, 2.24) is 4.57 Å². The highest BCUT2D eigenvalue weighted by atomic mass is 79.9. The minimum Gasteiger partial charge on any atom is -0.468 e. The SMILES string of the molecule is COCCOCOc1ccc(Cn2c(C(=O)OC)c(-c3ccccc3)c3cc(Br)ccc3c2=O)cc1. The first-order valence-corrected chi connectivity index (χ1v) is 12.1. The van der Waals surface area contributed by atoms with Gasteiger partial charge in [0.25, 0.3) is 5.56 Å². The Morgan fingerprint density at radius 2 is 1.67 bits per heavy atom. The van der Waals surface area contributed by atoms with E-state index in [1.54, 1.807) is 25.3 Å². The third-order valence-electron chi connectivity index (χ3n) is 5.68. The molecule has 1 heterocycles. The molecule has 0 saturated heterocycles. The van der Waals surface area contributed by atoms with E-state index in [0.29, 0.717) is 35.3 Å². The number of hydrogen-bond acceptors (Lipinski definition) is 6.